The van der Waals surface area contributed by atoms with Crippen LogP contribution in [0.15, 0.2) is 22.7 Å². The number of nitrogens with zero attached hydrogens (tertiary/aromatic N) is 1. The van der Waals surface area contributed by atoms with Crippen molar-refractivity contribution in [1.29, 1.82) is 0 Å². The van der Waals surface area contributed by atoms with Crippen LogP contribution in [0.25, 0.3) is 0 Å². The highest BCUT2D eigenvalue weighted by molar-refractivity contribution is 9.10. The standard InChI is InChI=1S/C13H15BrFNO5/c1-20-5-4-16(7-13(18)19)12(17)8-21-11-3-2-9(14)6-10(11)15/h2-3,6H,4-5,7-8H2,1H3,(H,18,19). The average Bonchev–Trinajstić information content (AvgIpc) is 2.41. The predicted molar refractivity (Wildman–Crippen MR) is 75.7 cm³/mol. The number of benzene rings is 1. The molecule has 1 N–H and O–H groups in total. The van der Waals surface area contributed by atoms with Crippen molar-refractivity contribution in [3.05, 3.63) is 28.5 Å². The lowest BCUT2D eigenvalue weighted by Gasteiger charge is -2.20. The van der Waals surface area contributed by atoms with Gasteiger partial charge in [-0.25, -0.2) is 4.39 Å². The molecular weight excluding hydrogens is 349 g/mol. The normalized spacial score (nSPS) is 10.2. The van der Waals surface area contributed by atoms with E-state index in [9.17, 15) is 14.0 Å². The number of carbonyl (C=O) groups excluding carboxylic acids is 1. The zero-order valence-electron chi connectivity index (χ0n) is 11.3. The Bertz CT molecular complexity index is 511. The number of halogens is 2. The maximum atomic E-state index is 13.5. The summed E-state index contributed by atoms with van der Waals surface area (Å²) in [6.45, 7) is -0.594. The van der Waals surface area contributed by atoms with Gasteiger partial charge in [-0.1, -0.05) is 15.9 Å². The molecule has 0 aromatic heterocycles. The Morgan fingerprint density at radius 2 is 2.14 bits per heavy atom. The molecule has 0 saturated carbocycles. The van der Waals surface area contributed by atoms with Gasteiger partial charge >= 0.3 is 5.97 Å². The number of hydrogen-bond donors (Lipinski definition) is 1. The van der Waals surface area contributed by atoms with Crippen LogP contribution in [0.2, 0.25) is 0 Å². The average molecular weight is 364 g/mol. The summed E-state index contributed by atoms with van der Waals surface area (Å²) < 4.78 is 23.9. The zero-order chi connectivity index (χ0) is 15.8. The molecule has 0 aliphatic carbocycles. The van der Waals surface area contributed by atoms with Gasteiger partial charge in [0.15, 0.2) is 18.2 Å². The smallest absolute Gasteiger partial charge is 0.323 e. The molecule has 0 fully saturated rings. The van der Waals surface area contributed by atoms with Gasteiger partial charge in [0.1, 0.15) is 6.54 Å². The molecular formula is C13H15BrFNO5. The van der Waals surface area contributed by atoms with Gasteiger partial charge in [0, 0.05) is 18.1 Å². The molecule has 0 saturated heterocycles. The lowest BCUT2D eigenvalue weighted by molar-refractivity contribution is -0.145. The minimum absolute atomic E-state index is 0.0754. The van der Waals surface area contributed by atoms with Gasteiger partial charge in [0.25, 0.3) is 5.91 Å². The topological polar surface area (TPSA) is 76.1 Å². The lowest BCUT2D eigenvalue weighted by atomic mass is 10.3. The predicted octanol–water partition coefficient (Wildman–Crippen LogP) is 1.53. The first kappa shape index (κ1) is 17.4. The van der Waals surface area contributed by atoms with E-state index in [1.807, 2.05) is 0 Å². The number of amides is 1. The van der Waals surface area contributed by atoms with Crippen LogP contribution in [-0.2, 0) is 14.3 Å². The van der Waals surface area contributed by atoms with Crippen molar-refractivity contribution < 1.29 is 28.6 Å². The maximum absolute atomic E-state index is 13.5. The minimum Gasteiger partial charge on any atom is -0.481 e. The summed E-state index contributed by atoms with van der Waals surface area (Å²) in [6, 6.07) is 4.16. The summed E-state index contributed by atoms with van der Waals surface area (Å²) in [4.78, 5) is 23.7. The van der Waals surface area contributed by atoms with Crippen LogP contribution in [0.1, 0.15) is 0 Å². The summed E-state index contributed by atoms with van der Waals surface area (Å²) in [7, 11) is 1.44. The van der Waals surface area contributed by atoms with Crippen molar-refractivity contribution in [2.24, 2.45) is 0 Å². The Morgan fingerprint density at radius 1 is 1.43 bits per heavy atom. The van der Waals surface area contributed by atoms with Gasteiger partial charge in [-0.15, -0.1) is 0 Å². The second-order valence-corrected chi connectivity index (χ2v) is 4.98. The van der Waals surface area contributed by atoms with Crippen LogP contribution < -0.4 is 4.74 Å². The summed E-state index contributed by atoms with van der Waals surface area (Å²) in [6.07, 6.45) is 0. The Morgan fingerprint density at radius 3 is 2.71 bits per heavy atom. The molecule has 6 nitrogen and oxygen atoms in total. The van der Waals surface area contributed by atoms with Crippen LogP contribution in [0.3, 0.4) is 0 Å². The van der Waals surface area contributed by atoms with E-state index >= 15 is 0 Å². The van der Waals surface area contributed by atoms with Gasteiger partial charge < -0.3 is 19.5 Å². The molecule has 0 bridgehead atoms. The van der Waals surface area contributed by atoms with Crippen LogP contribution in [0.5, 0.6) is 5.75 Å². The van der Waals surface area contributed by atoms with Gasteiger partial charge in [-0.2, -0.15) is 0 Å². The van der Waals surface area contributed by atoms with Crippen LogP contribution in [0.4, 0.5) is 4.39 Å². The number of methoxy groups -OCH3 is 1. The van der Waals surface area contributed by atoms with Crippen molar-refractivity contribution in [2.45, 2.75) is 0 Å². The molecule has 1 aromatic carbocycles. The molecule has 1 rings (SSSR count). The van der Waals surface area contributed by atoms with Crippen LogP contribution >= 0.6 is 15.9 Å². The molecule has 0 aliphatic heterocycles. The van der Waals surface area contributed by atoms with E-state index in [4.69, 9.17) is 14.6 Å². The Hall–Kier alpha value is -1.67. The first-order valence-electron chi connectivity index (χ1n) is 6.00. The van der Waals surface area contributed by atoms with E-state index in [-0.39, 0.29) is 18.9 Å². The Labute approximate surface area is 129 Å². The first-order chi connectivity index (χ1) is 9.93. The molecule has 8 heteroatoms. The molecule has 0 atom stereocenters. The van der Waals surface area contributed by atoms with Crippen molar-refractivity contribution in [2.75, 3.05) is 33.4 Å². The molecule has 0 aliphatic rings. The number of carbonyl (C=O) groups is 2. The highest BCUT2D eigenvalue weighted by atomic mass is 79.9. The number of ether oxygens (including phenoxy) is 2. The van der Waals surface area contributed by atoms with E-state index in [1.54, 1.807) is 6.07 Å². The third-order valence-electron chi connectivity index (χ3n) is 2.49. The minimum atomic E-state index is -1.14. The molecule has 21 heavy (non-hydrogen) atoms. The zero-order valence-corrected chi connectivity index (χ0v) is 12.9. The van der Waals surface area contributed by atoms with Gasteiger partial charge in [-0.3, -0.25) is 9.59 Å². The molecule has 0 radical (unpaired) electrons. The quantitative estimate of drug-likeness (QED) is 0.757. The van der Waals surface area contributed by atoms with Crippen molar-refractivity contribution in [3.8, 4) is 5.75 Å². The molecule has 116 valence electrons. The highest BCUT2D eigenvalue weighted by Crippen LogP contribution is 2.21. The number of hydrogen-bond acceptors (Lipinski definition) is 4. The van der Waals surface area contributed by atoms with Crippen molar-refractivity contribution in [1.82, 2.24) is 4.90 Å². The molecule has 0 heterocycles. The third kappa shape index (κ3) is 6.09. The summed E-state index contributed by atoms with van der Waals surface area (Å²) in [5, 5.41) is 8.75. The Balaban J connectivity index is 2.61. The van der Waals surface area contributed by atoms with E-state index in [1.165, 1.54) is 19.2 Å². The van der Waals surface area contributed by atoms with E-state index in [0.29, 0.717) is 4.47 Å². The molecule has 0 spiro atoms. The van der Waals surface area contributed by atoms with E-state index in [0.717, 1.165) is 4.90 Å². The lowest BCUT2D eigenvalue weighted by Crippen LogP contribution is -2.40. The second-order valence-electron chi connectivity index (χ2n) is 4.07. The van der Waals surface area contributed by atoms with E-state index < -0.39 is 30.8 Å². The fraction of sp³-hybridized carbons (Fsp3) is 0.385. The molecule has 1 amide bonds. The first-order valence-corrected chi connectivity index (χ1v) is 6.79. The monoisotopic (exact) mass is 363 g/mol. The van der Waals surface area contributed by atoms with Gasteiger partial charge in [-0.05, 0) is 18.2 Å². The third-order valence-corrected chi connectivity index (χ3v) is 2.98. The summed E-state index contributed by atoms with van der Waals surface area (Å²) in [5.41, 5.74) is 0. The summed E-state index contributed by atoms with van der Waals surface area (Å²) in [5.74, 6) is -2.39. The van der Waals surface area contributed by atoms with Crippen LogP contribution in [-0.4, -0.2) is 55.3 Å². The fourth-order valence-electron chi connectivity index (χ4n) is 1.48. The maximum Gasteiger partial charge on any atom is 0.323 e. The number of carboxylic acid groups (broad SMARTS) is 1. The van der Waals surface area contributed by atoms with Crippen molar-refractivity contribution >= 4 is 27.8 Å². The summed E-state index contributed by atoms with van der Waals surface area (Å²) >= 11 is 3.11. The Kier molecular flexibility index (Phi) is 7.10. The largest absolute Gasteiger partial charge is 0.481 e. The highest BCUT2D eigenvalue weighted by Gasteiger charge is 2.17. The number of aliphatic carboxylic acids is 1. The number of rotatable bonds is 8. The second kappa shape index (κ2) is 8.58. The molecule has 1 aromatic rings. The van der Waals surface area contributed by atoms with Crippen LogP contribution in [0, 0.1) is 5.82 Å². The SMILES string of the molecule is COCCN(CC(=O)O)C(=O)COc1ccc(Br)cc1F. The van der Waals surface area contributed by atoms with Gasteiger partial charge in [0.05, 0.1) is 6.61 Å². The number of carboxylic acids is 1. The van der Waals surface area contributed by atoms with Gasteiger partial charge in [0.2, 0.25) is 0 Å². The van der Waals surface area contributed by atoms with Crippen molar-refractivity contribution in [3.63, 3.8) is 0 Å². The fourth-order valence-corrected chi connectivity index (χ4v) is 1.81. The van der Waals surface area contributed by atoms with E-state index in [2.05, 4.69) is 15.9 Å². The molecule has 0 unspecified atom stereocenters.